The van der Waals surface area contributed by atoms with Gasteiger partial charge in [-0.15, -0.1) is 23.1 Å². The molecule has 5 rings (SSSR count). The molecule has 1 aromatic heterocycles. The van der Waals surface area contributed by atoms with Crippen LogP contribution in [0.2, 0.25) is 0 Å². The van der Waals surface area contributed by atoms with Crippen LogP contribution in [0.4, 0.5) is 0 Å². The number of hydrogen-bond donors (Lipinski definition) is 0. The quantitative estimate of drug-likeness (QED) is 0.156. The van der Waals surface area contributed by atoms with Crippen LogP contribution in [-0.4, -0.2) is 13.4 Å². The molecule has 0 fully saturated rings. The van der Waals surface area contributed by atoms with Crippen LogP contribution in [0.5, 0.6) is 0 Å². The molecule has 0 unspecified atom stereocenters. The van der Waals surface area contributed by atoms with E-state index in [0.717, 1.165) is 22.4 Å². The summed E-state index contributed by atoms with van der Waals surface area (Å²) in [4.78, 5) is 4.18. The van der Waals surface area contributed by atoms with Gasteiger partial charge in [0.1, 0.15) is 6.20 Å². The summed E-state index contributed by atoms with van der Waals surface area (Å²) in [5.74, 6) is 0. The monoisotopic (exact) mass is 459 g/mol. The predicted molar refractivity (Wildman–Crippen MR) is 119 cm³/mol. The van der Waals surface area contributed by atoms with Gasteiger partial charge in [-0.3, -0.25) is 4.57 Å². The first-order valence-electron chi connectivity index (χ1n) is 9.37. The topological polar surface area (TPSA) is 16.8 Å². The van der Waals surface area contributed by atoms with Crippen LogP contribution in [0, 0.1) is 19.1 Å². The van der Waals surface area contributed by atoms with Gasteiger partial charge in [0.15, 0.2) is 0 Å². The van der Waals surface area contributed by atoms with Crippen LogP contribution in [0.1, 0.15) is 5.56 Å². The Bertz CT molecular complexity index is 1350. The van der Waals surface area contributed by atoms with Gasteiger partial charge >= 0.3 is 0 Å². The van der Waals surface area contributed by atoms with Gasteiger partial charge in [0.2, 0.25) is 0 Å². The summed E-state index contributed by atoms with van der Waals surface area (Å²) in [5, 5.41) is 4.97. The standard InChI is InChI=1S/C26H19N2.B.Y/c1-18-7-8-21(16-25(18)26-13-14-27-17-28(26)2)20-11-12-24-22(15-20)10-9-19-5-3-4-6-23(19)24;;/h3-10,12-15,17H,1-2H3;;/q-1;;. The fraction of sp³-hybridized carbons (Fsp3) is 0.0769. The summed E-state index contributed by atoms with van der Waals surface area (Å²) in [6.45, 7) is 2.12. The zero-order valence-electron chi connectivity index (χ0n) is 17.1. The van der Waals surface area contributed by atoms with Gasteiger partial charge in [-0.05, 0) is 11.5 Å². The molecule has 4 radical (unpaired) electrons. The van der Waals surface area contributed by atoms with Crippen molar-refractivity contribution in [1.82, 2.24) is 4.98 Å². The van der Waals surface area contributed by atoms with Crippen molar-refractivity contribution < 1.29 is 37.3 Å². The Morgan fingerprint density at radius 1 is 0.867 bits per heavy atom. The molecule has 140 valence electrons. The Morgan fingerprint density at radius 3 is 2.50 bits per heavy atom. The van der Waals surface area contributed by atoms with Gasteiger partial charge in [0.25, 0.3) is 6.33 Å². The molecular weight excluding hydrogens is 440 g/mol. The van der Waals surface area contributed by atoms with Crippen molar-refractivity contribution in [3.63, 3.8) is 0 Å². The maximum absolute atomic E-state index is 4.18. The van der Waals surface area contributed by atoms with E-state index in [1.54, 1.807) is 0 Å². The van der Waals surface area contributed by atoms with Crippen LogP contribution in [0.25, 0.3) is 43.9 Å². The number of nitrogens with zero attached hydrogens (tertiary/aromatic N) is 2. The molecule has 0 amide bonds. The Balaban J connectivity index is 0.00000128. The third kappa shape index (κ3) is 3.97. The molecule has 0 bridgehead atoms. The second kappa shape index (κ2) is 9.20. The van der Waals surface area contributed by atoms with Crippen LogP contribution < -0.4 is 4.57 Å². The normalized spacial score (nSPS) is 10.5. The number of aromatic nitrogens is 2. The summed E-state index contributed by atoms with van der Waals surface area (Å²) in [7, 11) is 2.01. The molecule has 30 heavy (non-hydrogen) atoms. The maximum Gasteiger partial charge on any atom is 0.279 e. The number of rotatable bonds is 2. The fourth-order valence-corrected chi connectivity index (χ4v) is 3.78. The summed E-state index contributed by atoms with van der Waals surface area (Å²) in [6, 6.07) is 30.6. The van der Waals surface area contributed by atoms with Crippen LogP contribution in [0.15, 0.2) is 79.3 Å². The van der Waals surface area contributed by atoms with E-state index < -0.39 is 0 Å². The zero-order chi connectivity index (χ0) is 19.1. The van der Waals surface area contributed by atoms with Crippen LogP contribution >= 0.6 is 0 Å². The van der Waals surface area contributed by atoms with Gasteiger partial charge in [0, 0.05) is 41.1 Å². The van der Waals surface area contributed by atoms with Gasteiger partial charge < -0.3 is 0 Å². The smallest absolute Gasteiger partial charge is 0.266 e. The molecule has 4 aromatic carbocycles. The Morgan fingerprint density at radius 2 is 1.67 bits per heavy atom. The molecule has 0 saturated carbocycles. The average molecular weight is 459 g/mol. The molecule has 0 aliphatic heterocycles. The van der Waals surface area contributed by atoms with Gasteiger partial charge in [-0.1, -0.05) is 64.6 Å². The molecule has 5 aromatic rings. The van der Waals surface area contributed by atoms with E-state index in [2.05, 4.69) is 84.7 Å². The summed E-state index contributed by atoms with van der Waals surface area (Å²) in [5.41, 5.74) is 5.49. The molecule has 0 spiro atoms. The first-order valence-corrected chi connectivity index (χ1v) is 9.37. The Hall–Kier alpha value is -2.35. The van der Waals surface area contributed by atoms with Crippen molar-refractivity contribution in [2.24, 2.45) is 7.05 Å². The molecule has 1 heterocycles. The fourth-order valence-electron chi connectivity index (χ4n) is 3.78. The van der Waals surface area contributed by atoms with E-state index >= 15 is 0 Å². The SMILES string of the molecule is Cc1ccc(-c2[c-]cc3c(ccc4ccccc43)c2)[c-]c1-c1ccnc[n+]1C.[B].[Y]. The van der Waals surface area contributed by atoms with E-state index in [0.29, 0.717) is 0 Å². The maximum atomic E-state index is 4.18. The molecule has 0 saturated heterocycles. The zero-order valence-corrected chi connectivity index (χ0v) is 19.9. The minimum atomic E-state index is 0. The van der Waals surface area contributed by atoms with E-state index in [1.807, 2.05) is 30.2 Å². The molecule has 0 atom stereocenters. The number of fused-ring (bicyclic) bond motifs is 3. The van der Waals surface area contributed by atoms with Crippen molar-refractivity contribution in [2.75, 3.05) is 0 Å². The van der Waals surface area contributed by atoms with Gasteiger partial charge in [0.05, 0.1) is 12.7 Å². The van der Waals surface area contributed by atoms with Crippen molar-refractivity contribution in [2.45, 2.75) is 6.92 Å². The number of hydrogen-bond acceptors (Lipinski definition) is 1. The minimum absolute atomic E-state index is 0. The van der Waals surface area contributed by atoms with E-state index in [4.69, 9.17) is 0 Å². The molecular formula is C26H19BN2Y-. The van der Waals surface area contributed by atoms with E-state index in [9.17, 15) is 0 Å². The van der Waals surface area contributed by atoms with Gasteiger partial charge in [-0.25, -0.2) is 5.56 Å². The largest absolute Gasteiger partial charge is 0.279 e. The first kappa shape index (κ1) is 22.3. The van der Waals surface area contributed by atoms with Crippen molar-refractivity contribution in [3.8, 4) is 22.4 Å². The van der Waals surface area contributed by atoms with Crippen LogP contribution in [0.3, 0.4) is 0 Å². The third-order valence-corrected chi connectivity index (χ3v) is 5.31. The van der Waals surface area contributed by atoms with Crippen molar-refractivity contribution >= 4 is 30.0 Å². The molecule has 0 aliphatic carbocycles. The third-order valence-electron chi connectivity index (χ3n) is 5.31. The second-order valence-electron chi connectivity index (χ2n) is 7.14. The van der Waals surface area contributed by atoms with Crippen molar-refractivity contribution in [1.29, 1.82) is 0 Å². The minimum Gasteiger partial charge on any atom is -0.266 e. The molecule has 0 N–H and O–H groups in total. The predicted octanol–water partition coefficient (Wildman–Crippen LogP) is 5.07. The summed E-state index contributed by atoms with van der Waals surface area (Å²) < 4.78 is 2.03. The van der Waals surface area contributed by atoms with E-state index in [1.165, 1.54) is 27.1 Å². The second-order valence-corrected chi connectivity index (χ2v) is 7.14. The van der Waals surface area contributed by atoms with Gasteiger partial charge in [-0.2, -0.15) is 29.8 Å². The Labute approximate surface area is 204 Å². The van der Waals surface area contributed by atoms with Crippen molar-refractivity contribution in [3.05, 3.63) is 97.0 Å². The molecule has 0 aliphatic rings. The molecule has 4 heteroatoms. The van der Waals surface area contributed by atoms with E-state index in [-0.39, 0.29) is 41.1 Å². The number of benzene rings is 4. The number of aryl methyl sites for hydroxylation is 2. The van der Waals surface area contributed by atoms with Crippen LogP contribution in [-0.2, 0) is 39.8 Å². The first-order chi connectivity index (χ1) is 13.7. The summed E-state index contributed by atoms with van der Waals surface area (Å²) in [6.07, 6.45) is 3.64. The molecule has 2 nitrogen and oxygen atoms in total. The Kier molecular flexibility index (Phi) is 6.85. The average Bonchev–Trinajstić information content (AvgIpc) is 2.74. The summed E-state index contributed by atoms with van der Waals surface area (Å²) >= 11 is 0.